The first-order valence-corrected chi connectivity index (χ1v) is 11.0. The number of fused-ring (bicyclic) bond motifs is 1. The summed E-state index contributed by atoms with van der Waals surface area (Å²) in [4.78, 5) is 14.3. The number of carbonyl (C=O) groups is 1. The van der Waals surface area contributed by atoms with Crippen LogP contribution in [-0.4, -0.2) is 22.7 Å². The predicted molar refractivity (Wildman–Crippen MR) is 122 cm³/mol. The Kier molecular flexibility index (Phi) is 4.51. The summed E-state index contributed by atoms with van der Waals surface area (Å²) in [6.07, 6.45) is 2.01. The minimum absolute atomic E-state index is 0.0217. The second kappa shape index (κ2) is 6.98. The lowest BCUT2D eigenvalue weighted by Crippen LogP contribution is -2.11. The van der Waals surface area contributed by atoms with Crippen LogP contribution < -0.4 is 5.32 Å². The molecule has 2 heterocycles. The molecule has 1 aliphatic carbocycles. The Morgan fingerprint density at radius 1 is 1.13 bits per heavy atom. The number of aliphatic hydroxyl groups excluding tert-OH is 2. The van der Waals surface area contributed by atoms with Crippen molar-refractivity contribution in [1.29, 1.82) is 0 Å². The summed E-state index contributed by atoms with van der Waals surface area (Å²) in [6.45, 7) is 2.12. The van der Waals surface area contributed by atoms with E-state index >= 15 is 0 Å². The molecule has 6 heteroatoms. The molecule has 1 amide bonds. The summed E-state index contributed by atoms with van der Waals surface area (Å²) in [5.41, 5.74) is 4.26. The number of halogens is 1. The molecule has 30 heavy (non-hydrogen) atoms. The van der Waals surface area contributed by atoms with Crippen molar-refractivity contribution in [2.75, 3.05) is 11.9 Å². The van der Waals surface area contributed by atoms with Gasteiger partial charge < -0.3 is 15.5 Å². The molecule has 3 N–H and O–H groups in total. The molecule has 152 valence electrons. The van der Waals surface area contributed by atoms with Crippen molar-refractivity contribution in [1.82, 2.24) is 0 Å². The minimum atomic E-state index is -0.337. The van der Waals surface area contributed by atoms with E-state index in [9.17, 15) is 15.0 Å². The molecular weight excluding hydrogens is 418 g/mol. The van der Waals surface area contributed by atoms with E-state index in [1.807, 2.05) is 49.4 Å². The van der Waals surface area contributed by atoms with Gasteiger partial charge in [0.15, 0.2) is 0 Å². The van der Waals surface area contributed by atoms with Crippen LogP contribution in [0.3, 0.4) is 0 Å². The third-order valence-electron chi connectivity index (χ3n) is 6.03. The lowest BCUT2D eigenvalue weighted by molar-refractivity contribution is -0.110. The average molecular weight is 438 g/mol. The molecule has 1 fully saturated rings. The van der Waals surface area contributed by atoms with E-state index in [2.05, 4.69) is 5.32 Å². The van der Waals surface area contributed by atoms with E-state index in [1.54, 1.807) is 6.07 Å². The van der Waals surface area contributed by atoms with E-state index in [0.717, 1.165) is 34.4 Å². The summed E-state index contributed by atoms with van der Waals surface area (Å²) >= 11 is 7.98. The first kappa shape index (κ1) is 19.4. The molecule has 0 unspecified atom stereocenters. The van der Waals surface area contributed by atoms with E-state index in [-0.39, 0.29) is 29.3 Å². The van der Waals surface area contributed by atoms with Crippen molar-refractivity contribution in [2.45, 2.75) is 25.2 Å². The fraction of sp³-hybridized carbons (Fsp3) is 0.208. The van der Waals surface area contributed by atoms with Crippen LogP contribution in [0.2, 0.25) is 5.02 Å². The number of carbonyl (C=O) groups excluding carboxylic acids is 1. The Morgan fingerprint density at radius 2 is 1.87 bits per heavy atom. The second-order valence-electron chi connectivity index (χ2n) is 7.98. The van der Waals surface area contributed by atoms with Crippen molar-refractivity contribution in [3.05, 3.63) is 74.4 Å². The number of aryl methyl sites for hydroxylation is 1. The van der Waals surface area contributed by atoms with Crippen molar-refractivity contribution in [3.63, 3.8) is 0 Å². The first-order valence-electron chi connectivity index (χ1n) is 9.79. The predicted octanol–water partition coefficient (Wildman–Crippen LogP) is 5.78. The van der Waals surface area contributed by atoms with Crippen LogP contribution in [0.25, 0.3) is 22.5 Å². The van der Waals surface area contributed by atoms with Crippen LogP contribution in [0.4, 0.5) is 5.69 Å². The maximum Gasteiger partial charge on any atom is 0.260 e. The Balaban J connectivity index is 1.59. The first-order chi connectivity index (χ1) is 14.4. The van der Waals surface area contributed by atoms with Crippen LogP contribution in [0, 0.1) is 6.92 Å². The molecule has 1 aromatic heterocycles. The highest BCUT2D eigenvalue weighted by Crippen LogP contribution is 2.48. The summed E-state index contributed by atoms with van der Waals surface area (Å²) in [5, 5.41) is 23.8. The van der Waals surface area contributed by atoms with Crippen LogP contribution in [0.1, 0.15) is 33.7 Å². The lowest BCUT2D eigenvalue weighted by atomic mass is 9.93. The number of rotatable bonds is 4. The molecule has 2 aromatic carbocycles. The molecule has 0 bridgehead atoms. The van der Waals surface area contributed by atoms with Crippen molar-refractivity contribution in [2.24, 2.45) is 0 Å². The Labute approximate surface area is 183 Å². The van der Waals surface area contributed by atoms with E-state index in [0.29, 0.717) is 21.2 Å². The van der Waals surface area contributed by atoms with Gasteiger partial charge in [-0.2, -0.15) is 0 Å². The monoisotopic (exact) mass is 437 g/mol. The molecule has 5 rings (SSSR count). The molecule has 1 aliphatic heterocycles. The quantitative estimate of drug-likeness (QED) is 0.358. The topological polar surface area (TPSA) is 69.6 Å². The van der Waals surface area contributed by atoms with Crippen LogP contribution >= 0.6 is 22.9 Å². The molecule has 0 saturated heterocycles. The lowest BCUT2D eigenvalue weighted by Gasteiger charge is -2.14. The Bertz CT molecular complexity index is 1210. The molecule has 0 atom stereocenters. The van der Waals surface area contributed by atoms with Gasteiger partial charge in [-0.1, -0.05) is 35.9 Å². The zero-order chi connectivity index (χ0) is 21.0. The van der Waals surface area contributed by atoms with Crippen LogP contribution in [-0.2, 0) is 10.2 Å². The zero-order valence-electron chi connectivity index (χ0n) is 16.3. The van der Waals surface area contributed by atoms with E-state index < -0.39 is 0 Å². The van der Waals surface area contributed by atoms with Gasteiger partial charge in [-0.25, -0.2) is 0 Å². The molecule has 0 spiro atoms. The van der Waals surface area contributed by atoms with Gasteiger partial charge in [0.2, 0.25) is 0 Å². The maximum atomic E-state index is 12.6. The van der Waals surface area contributed by atoms with E-state index in [1.165, 1.54) is 11.3 Å². The Morgan fingerprint density at radius 3 is 2.47 bits per heavy atom. The summed E-state index contributed by atoms with van der Waals surface area (Å²) < 4.78 is 0. The summed E-state index contributed by atoms with van der Waals surface area (Å²) in [7, 11) is 0. The average Bonchev–Trinajstić information content (AvgIpc) is 3.32. The number of thiophene rings is 1. The van der Waals surface area contributed by atoms with Gasteiger partial charge in [-0.05, 0) is 55.2 Å². The number of benzene rings is 2. The van der Waals surface area contributed by atoms with Crippen molar-refractivity contribution < 1.29 is 15.0 Å². The number of aliphatic hydroxyl groups is 2. The maximum absolute atomic E-state index is 12.6. The fourth-order valence-electron chi connectivity index (χ4n) is 4.02. The van der Waals surface area contributed by atoms with Crippen LogP contribution in [0.5, 0.6) is 0 Å². The highest BCUT2D eigenvalue weighted by Gasteiger charge is 2.43. The van der Waals surface area contributed by atoms with Gasteiger partial charge in [0.25, 0.3) is 5.91 Å². The third-order valence-corrected chi connectivity index (χ3v) is 7.35. The van der Waals surface area contributed by atoms with Gasteiger partial charge in [0.1, 0.15) is 5.76 Å². The van der Waals surface area contributed by atoms with E-state index in [4.69, 9.17) is 11.6 Å². The number of nitrogens with one attached hydrogen (secondary N) is 1. The molecule has 3 aromatic rings. The standard InChI is InChI=1S/C24H20ClNO3S/c1-13-2-7-20(30-13)22(28)21-17-10-16(18(25)11-19(17)26-23(21)29)14-3-5-15(6-4-14)24(12-27)8-9-24/h2-7,10-11,27-28H,8-9,12H2,1H3,(H,26,29)/b22-21+. The van der Waals surface area contributed by atoms with Gasteiger partial charge in [-0.3, -0.25) is 4.79 Å². The second-order valence-corrected chi connectivity index (χ2v) is 9.68. The largest absolute Gasteiger partial charge is 0.506 e. The summed E-state index contributed by atoms with van der Waals surface area (Å²) in [6, 6.07) is 15.4. The zero-order valence-corrected chi connectivity index (χ0v) is 17.9. The SMILES string of the molecule is Cc1ccc(/C(O)=C2\C(=O)Nc3cc(Cl)c(-c4ccc(C5(CO)CC5)cc4)cc32)s1. The third kappa shape index (κ3) is 3.05. The smallest absolute Gasteiger partial charge is 0.260 e. The van der Waals surface area contributed by atoms with Gasteiger partial charge in [-0.15, -0.1) is 11.3 Å². The van der Waals surface area contributed by atoms with Gasteiger partial charge in [0.05, 0.1) is 27.8 Å². The molecule has 4 nitrogen and oxygen atoms in total. The van der Waals surface area contributed by atoms with Crippen LogP contribution in [0.15, 0.2) is 48.5 Å². The number of hydrogen-bond acceptors (Lipinski definition) is 4. The molecule has 0 radical (unpaired) electrons. The van der Waals surface area contributed by atoms with Gasteiger partial charge >= 0.3 is 0 Å². The van der Waals surface area contributed by atoms with Gasteiger partial charge in [0, 0.05) is 21.4 Å². The molecular formula is C24H20ClNO3S. The number of hydrogen-bond donors (Lipinski definition) is 3. The van der Waals surface area contributed by atoms with Crippen molar-refractivity contribution >= 4 is 45.9 Å². The highest BCUT2D eigenvalue weighted by atomic mass is 35.5. The van der Waals surface area contributed by atoms with Crippen molar-refractivity contribution in [3.8, 4) is 11.1 Å². The number of amides is 1. The number of anilines is 1. The Hall–Kier alpha value is -2.60. The normalized spacial score (nSPS) is 18.2. The molecule has 2 aliphatic rings. The highest BCUT2D eigenvalue weighted by molar-refractivity contribution is 7.13. The molecule has 1 saturated carbocycles. The summed E-state index contributed by atoms with van der Waals surface area (Å²) in [5.74, 6) is -0.359. The fourth-order valence-corrected chi connectivity index (χ4v) is 5.11. The minimum Gasteiger partial charge on any atom is -0.506 e.